The molecule has 0 rings (SSSR count). The van der Waals surface area contributed by atoms with Crippen molar-refractivity contribution in [3.8, 4) is 0 Å². The summed E-state index contributed by atoms with van der Waals surface area (Å²) < 4.78 is 68.5. The van der Waals surface area contributed by atoms with E-state index in [1.807, 2.05) is 18.2 Å². The van der Waals surface area contributed by atoms with Crippen molar-refractivity contribution in [3.63, 3.8) is 0 Å². The van der Waals surface area contributed by atoms with Crippen LogP contribution in [0.4, 0.5) is 0 Å². The van der Waals surface area contributed by atoms with Crippen molar-refractivity contribution in [3.05, 3.63) is 146 Å². The third-order valence-electron chi connectivity index (χ3n) is 16.3. The number of aliphatic hydroxyl groups is 1. The molecule has 0 aromatic carbocycles. The van der Waals surface area contributed by atoms with E-state index >= 15 is 0 Å². The zero-order valence-electron chi connectivity index (χ0n) is 64.9. The number of carbonyl (C=O) groups excluding carboxylic acids is 4. The summed E-state index contributed by atoms with van der Waals surface area (Å²) in [6.45, 7) is 4.49. The minimum Gasteiger partial charge on any atom is -0.462 e. The summed E-state index contributed by atoms with van der Waals surface area (Å²) in [5.41, 5.74) is 0. The van der Waals surface area contributed by atoms with Gasteiger partial charge in [-0.3, -0.25) is 37.3 Å². The van der Waals surface area contributed by atoms with Crippen molar-refractivity contribution in [1.82, 2.24) is 0 Å². The molecule has 5 unspecified atom stereocenters. The number of rotatable bonds is 74. The number of aliphatic hydroxyl groups excluding tert-OH is 1. The lowest BCUT2D eigenvalue weighted by Crippen LogP contribution is -2.30. The van der Waals surface area contributed by atoms with Crippen LogP contribution in [0.5, 0.6) is 0 Å². The molecule has 0 aromatic rings. The largest absolute Gasteiger partial charge is 0.472 e. The van der Waals surface area contributed by atoms with Gasteiger partial charge in [0.2, 0.25) is 0 Å². The highest BCUT2D eigenvalue weighted by Gasteiger charge is 2.30. The van der Waals surface area contributed by atoms with E-state index in [-0.39, 0.29) is 25.7 Å². The van der Waals surface area contributed by atoms with Gasteiger partial charge in [0.25, 0.3) is 0 Å². The average molecular weight is 1500 g/mol. The molecular formula is C85H142O17P2. The Hall–Kier alpha value is -5.06. The van der Waals surface area contributed by atoms with Crippen LogP contribution >= 0.6 is 15.6 Å². The van der Waals surface area contributed by atoms with Crippen LogP contribution in [0.1, 0.15) is 310 Å². The first-order valence-corrected chi connectivity index (χ1v) is 43.1. The smallest absolute Gasteiger partial charge is 0.462 e. The Balaban J connectivity index is 5.47. The summed E-state index contributed by atoms with van der Waals surface area (Å²) in [6, 6.07) is 0. The van der Waals surface area contributed by atoms with E-state index in [0.717, 1.165) is 141 Å². The summed E-state index contributed by atoms with van der Waals surface area (Å²) in [6.07, 6.45) is 87.0. The highest BCUT2D eigenvalue weighted by Crippen LogP contribution is 2.45. The summed E-state index contributed by atoms with van der Waals surface area (Å²) in [5.74, 6) is -2.34. The van der Waals surface area contributed by atoms with Crippen LogP contribution in [0.15, 0.2) is 146 Å². The number of phosphoric ester groups is 2. The number of hydrogen-bond donors (Lipinski definition) is 3. The minimum atomic E-state index is -5.01. The van der Waals surface area contributed by atoms with Gasteiger partial charge in [0.1, 0.15) is 19.3 Å². The molecule has 0 aliphatic carbocycles. The molecule has 0 saturated heterocycles. The van der Waals surface area contributed by atoms with Crippen LogP contribution in [0.25, 0.3) is 0 Å². The van der Waals surface area contributed by atoms with Gasteiger partial charge in [-0.1, -0.05) is 276 Å². The molecule has 0 spiro atoms. The molecule has 104 heavy (non-hydrogen) atoms. The van der Waals surface area contributed by atoms with Crippen molar-refractivity contribution in [2.24, 2.45) is 0 Å². The second kappa shape index (κ2) is 76.1. The molecule has 0 aromatic heterocycles. The van der Waals surface area contributed by atoms with Crippen LogP contribution < -0.4 is 0 Å². The summed E-state index contributed by atoms with van der Waals surface area (Å²) in [5, 5.41) is 10.6. The molecule has 5 atom stereocenters. The second-order valence-corrected chi connectivity index (χ2v) is 29.1. The molecule has 0 bridgehead atoms. The molecule has 17 nitrogen and oxygen atoms in total. The maximum absolute atomic E-state index is 13.1. The van der Waals surface area contributed by atoms with Gasteiger partial charge in [-0.05, 0) is 154 Å². The number of carbonyl (C=O) groups is 4. The van der Waals surface area contributed by atoms with Gasteiger partial charge in [0, 0.05) is 25.7 Å². The first kappa shape index (κ1) is 98.9. The quantitative estimate of drug-likeness (QED) is 0.0169. The lowest BCUT2D eigenvalue weighted by atomic mass is 10.1. The second-order valence-electron chi connectivity index (χ2n) is 26.2. The van der Waals surface area contributed by atoms with Gasteiger partial charge in [-0.15, -0.1) is 0 Å². The van der Waals surface area contributed by atoms with Crippen molar-refractivity contribution in [1.29, 1.82) is 0 Å². The van der Waals surface area contributed by atoms with E-state index < -0.39 is 97.5 Å². The fraction of sp³-hybridized carbons (Fsp3) is 0.671. The number of hydrogen-bond acceptors (Lipinski definition) is 15. The van der Waals surface area contributed by atoms with Crippen LogP contribution in [0.3, 0.4) is 0 Å². The SMILES string of the molecule is CC/C=C\C/C=C\C/C=C\C/C=C\C/C=C\C/C=C\CCC(=O)OCC(COP(=O)(O)OCC(O)COP(=O)(O)OCC(COC(=O)CCCCCCC/C=C\CCCCCCCC)OC(=O)CCCCCCC/C=C\CCCCCCCC)OC(=O)CCCC/C=C\C/C=C\C/C=C\C/C=C\CC. The van der Waals surface area contributed by atoms with Crippen LogP contribution in [0.2, 0.25) is 0 Å². The Morgan fingerprint density at radius 2 is 0.519 bits per heavy atom. The third kappa shape index (κ3) is 75.2. The van der Waals surface area contributed by atoms with E-state index in [4.69, 9.17) is 37.0 Å². The van der Waals surface area contributed by atoms with Gasteiger partial charge in [-0.2, -0.15) is 0 Å². The Morgan fingerprint density at radius 3 is 0.856 bits per heavy atom. The molecule has 0 fully saturated rings. The monoisotopic (exact) mass is 1500 g/mol. The van der Waals surface area contributed by atoms with Gasteiger partial charge in [0.05, 0.1) is 26.4 Å². The predicted octanol–water partition coefficient (Wildman–Crippen LogP) is 23.4. The highest BCUT2D eigenvalue weighted by molar-refractivity contribution is 7.47. The zero-order chi connectivity index (χ0) is 76.0. The van der Waals surface area contributed by atoms with E-state index in [2.05, 4.69) is 155 Å². The first-order valence-electron chi connectivity index (χ1n) is 40.1. The number of allylic oxidation sites excluding steroid dienone is 24. The molecule has 19 heteroatoms. The molecule has 3 N–H and O–H groups in total. The molecule has 0 aliphatic heterocycles. The Labute approximate surface area is 630 Å². The average Bonchev–Trinajstić information content (AvgIpc) is 0.918. The van der Waals surface area contributed by atoms with Gasteiger partial charge >= 0.3 is 39.5 Å². The molecule has 0 aliphatic rings. The van der Waals surface area contributed by atoms with E-state index in [0.29, 0.717) is 38.5 Å². The van der Waals surface area contributed by atoms with Crippen LogP contribution in [0, 0.1) is 0 Å². The fourth-order valence-corrected chi connectivity index (χ4v) is 11.8. The third-order valence-corrected chi connectivity index (χ3v) is 18.2. The van der Waals surface area contributed by atoms with Crippen LogP contribution in [-0.2, 0) is 65.4 Å². The molecule has 594 valence electrons. The Bertz CT molecular complexity index is 2540. The van der Waals surface area contributed by atoms with E-state index in [1.54, 1.807) is 0 Å². The van der Waals surface area contributed by atoms with Crippen LogP contribution in [-0.4, -0.2) is 96.7 Å². The molecular weight excluding hydrogens is 1350 g/mol. The van der Waals surface area contributed by atoms with E-state index in [1.165, 1.54) is 77.0 Å². The summed E-state index contributed by atoms with van der Waals surface area (Å²) in [7, 11) is -10.0. The lowest BCUT2D eigenvalue weighted by molar-refractivity contribution is -0.161. The van der Waals surface area contributed by atoms with Gasteiger partial charge < -0.3 is 33.8 Å². The van der Waals surface area contributed by atoms with Crippen molar-refractivity contribution >= 4 is 39.5 Å². The minimum absolute atomic E-state index is 0.0221. The molecule has 0 heterocycles. The molecule has 0 amide bonds. The maximum atomic E-state index is 13.1. The van der Waals surface area contributed by atoms with E-state index in [9.17, 15) is 43.2 Å². The van der Waals surface area contributed by atoms with Gasteiger partial charge in [-0.25, -0.2) is 9.13 Å². The lowest BCUT2D eigenvalue weighted by Gasteiger charge is -2.21. The first-order chi connectivity index (χ1) is 50.7. The zero-order valence-corrected chi connectivity index (χ0v) is 66.7. The summed E-state index contributed by atoms with van der Waals surface area (Å²) >= 11 is 0. The Morgan fingerprint density at radius 1 is 0.279 bits per heavy atom. The summed E-state index contributed by atoms with van der Waals surface area (Å²) in [4.78, 5) is 73.0. The van der Waals surface area contributed by atoms with Crippen molar-refractivity contribution in [2.75, 3.05) is 39.6 Å². The number of esters is 4. The molecule has 0 saturated carbocycles. The standard InChI is InChI=1S/C85H142O17P2/c1-5-9-13-17-21-25-29-33-37-38-39-40-44-46-50-54-58-62-66-70-83(88)96-76-81(102-85(90)72-68-64-60-56-52-48-43-36-32-28-24-20-16-12-8-4)78-100-104(93,94)98-74-79(86)73-97-103(91,92)99-77-80(101-84(89)71-67-63-59-55-51-47-42-35-31-27-23-19-15-11-7-3)75-95-82(87)69-65-61-57-53-49-45-41-34-30-26-22-18-14-10-6-2/h9,12-13,16,21,24-25,28,33-37,39-43,46,50,52,56,58,62,79-81,86H,5-8,10-11,14-15,17-20,22-23,26-27,29-32,38,44-45,47-49,51,53-55,57,59-61,63-78H2,1-4H3,(H,91,92)(H,93,94)/b13-9-,16-12-,25-21-,28-24-,37-33-,40-39-,41-34-,42-35-,43-36-,50-46-,56-52-,62-58-. The highest BCUT2D eigenvalue weighted by atomic mass is 31.2. The van der Waals surface area contributed by atoms with Gasteiger partial charge in [0.15, 0.2) is 12.2 Å². The maximum Gasteiger partial charge on any atom is 0.472 e. The normalized spacial score (nSPS) is 14.6. The molecule has 0 radical (unpaired) electrons. The topological polar surface area (TPSA) is 237 Å². The predicted molar refractivity (Wildman–Crippen MR) is 427 cm³/mol. The number of phosphoric acid groups is 2. The Kier molecular flexibility index (Phi) is 72.4. The van der Waals surface area contributed by atoms with Crippen molar-refractivity contribution in [2.45, 2.75) is 329 Å². The fourth-order valence-electron chi connectivity index (χ4n) is 10.2. The number of unbranched alkanes of at least 4 members (excludes halogenated alkanes) is 24. The van der Waals surface area contributed by atoms with Crippen molar-refractivity contribution < 1.29 is 80.2 Å². The number of ether oxygens (including phenoxy) is 4.